The van der Waals surface area contributed by atoms with Gasteiger partial charge in [-0.2, -0.15) is 5.26 Å². The number of hydrogen-bond donors (Lipinski definition) is 0. The first-order chi connectivity index (χ1) is 5.81. The van der Waals surface area contributed by atoms with Crippen molar-refractivity contribution in [1.29, 1.82) is 5.26 Å². The molecule has 1 aromatic carbocycles. The van der Waals surface area contributed by atoms with Crippen molar-refractivity contribution in [2.45, 2.75) is 6.92 Å². The summed E-state index contributed by atoms with van der Waals surface area (Å²) in [7, 11) is 0. The highest BCUT2D eigenvalue weighted by Crippen LogP contribution is 2.12. The molecule has 0 aliphatic rings. The zero-order valence-corrected chi connectivity index (χ0v) is 6.65. The number of aromatic nitrogens is 2. The Bertz CT molecular complexity index is 462. The van der Waals surface area contributed by atoms with E-state index in [1.54, 1.807) is 0 Å². The van der Waals surface area contributed by atoms with Gasteiger partial charge in [0.1, 0.15) is 6.33 Å². The molecule has 0 saturated heterocycles. The van der Waals surface area contributed by atoms with Gasteiger partial charge >= 0.3 is 0 Å². The van der Waals surface area contributed by atoms with Gasteiger partial charge in [0, 0.05) is 0 Å². The normalized spacial score (nSPS) is 10.0. The standard InChI is InChI=1S/C9H7N3/c1-7-2-3-9-8(4-7)11-6-12(9)5-10/h2-4,6H,1H3. The summed E-state index contributed by atoms with van der Waals surface area (Å²) in [5.74, 6) is 0. The summed E-state index contributed by atoms with van der Waals surface area (Å²) in [6.07, 6.45) is 3.56. The van der Waals surface area contributed by atoms with E-state index in [1.807, 2.05) is 31.3 Å². The first-order valence-corrected chi connectivity index (χ1v) is 3.65. The molecule has 12 heavy (non-hydrogen) atoms. The van der Waals surface area contributed by atoms with Crippen LogP contribution in [0.1, 0.15) is 5.56 Å². The molecular formula is C9H7N3. The Morgan fingerprint density at radius 3 is 3.08 bits per heavy atom. The first kappa shape index (κ1) is 6.86. The van der Waals surface area contributed by atoms with Crippen LogP contribution in [0.2, 0.25) is 0 Å². The van der Waals surface area contributed by atoms with Crippen molar-refractivity contribution < 1.29 is 0 Å². The quantitative estimate of drug-likeness (QED) is 0.583. The number of nitrogens with zero attached hydrogens (tertiary/aromatic N) is 3. The molecule has 0 bridgehead atoms. The lowest BCUT2D eigenvalue weighted by Gasteiger charge is -1.91. The van der Waals surface area contributed by atoms with Crippen molar-refractivity contribution in [2.75, 3.05) is 0 Å². The monoisotopic (exact) mass is 157 g/mol. The average molecular weight is 157 g/mol. The largest absolute Gasteiger partial charge is 0.236 e. The third-order valence-electron chi connectivity index (χ3n) is 1.81. The van der Waals surface area contributed by atoms with Crippen LogP contribution in [0.25, 0.3) is 11.0 Å². The fourth-order valence-electron chi connectivity index (χ4n) is 1.20. The van der Waals surface area contributed by atoms with Gasteiger partial charge in [0.05, 0.1) is 11.0 Å². The maximum atomic E-state index is 8.67. The third-order valence-corrected chi connectivity index (χ3v) is 1.81. The second-order valence-electron chi connectivity index (χ2n) is 2.71. The van der Waals surface area contributed by atoms with Crippen LogP contribution >= 0.6 is 0 Å². The van der Waals surface area contributed by atoms with E-state index in [1.165, 1.54) is 10.9 Å². The molecule has 0 N–H and O–H groups in total. The Hall–Kier alpha value is -1.82. The molecule has 0 amide bonds. The number of nitriles is 1. The molecule has 58 valence electrons. The summed E-state index contributed by atoms with van der Waals surface area (Å²) in [5, 5.41) is 8.67. The van der Waals surface area contributed by atoms with Crippen molar-refractivity contribution in [3.05, 3.63) is 30.1 Å². The van der Waals surface area contributed by atoms with Crippen molar-refractivity contribution in [3.63, 3.8) is 0 Å². The fraction of sp³-hybridized carbons (Fsp3) is 0.111. The molecule has 0 spiro atoms. The van der Waals surface area contributed by atoms with E-state index in [0.29, 0.717) is 0 Å². The molecule has 2 rings (SSSR count). The van der Waals surface area contributed by atoms with E-state index in [-0.39, 0.29) is 0 Å². The van der Waals surface area contributed by atoms with Crippen LogP contribution in [-0.4, -0.2) is 9.55 Å². The van der Waals surface area contributed by atoms with E-state index in [9.17, 15) is 0 Å². The first-order valence-electron chi connectivity index (χ1n) is 3.65. The van der Waals surface area contributed by atoms with E-state index < -0.39 is 0 Å². The summed E-state index contributed by atoms with van der Waals surface area (Å²) in [4.78, 5) is 4.09. The minimum absolute atomic E-state index is 0.864. The molecular weight excluding hydrogens is 150 g/mol. The lowest BCUT2D eigenvalue weighted by Crippen LogP contribution is -1.83. The van der Waals surface area contributed by atoms with E-state index in [2.05, 4.69) is 4.98 Å². The summed E-state index contributed by atoms with van der Waals surface area (Å²) in [5.41, 5.74) is 2.89. The van der Waals surface area contributed by atoms with Gasteiger partial charge in [-0.15, -0.1) is 0 Å². The number of fused-ring (bicyclic) bond motifs is 1. The lowest BCUT2D eigenvalue weighted by atomic mass is 10.2. The Morgan fingerprint density at radius 2 is 2.33 bits per heavy atom. The minimum Gasteiger partial charge on any atom is -0.236 e. The Labute approximate surface area is 69.9 Å². The molecule has 3 nitrogen and oxygen atoms in total. The minimum atomic E-state index is 0.864. The van der Waals surface area contributed by atoms with Crippen LogP contribution in [0.3, 0.4) is 0 Å². The number of rotatable bonds is 0. The third kappa shape index (κ3) is 0.857. The Morgan fingerprint density at radius 1 is 1.50 bits per heavy atom. The summed E-state index contributed by atoms with van der Waals surface area (Å²) >= 11 is 0. The zero-order chi connectivity index (χ0) is 8.55. The van der Waals surface area contributed by atoms with Gasteiger partial charge < -0.3 is 0 Å². The number of imidazole rings is 1. The number of hydrogen-bond acceptors (Lipinski definition) is 2. The van der Waals surface area contributed by atoms with Gasteiger partial charge in [0.2, 0.25) is 0 Å². The van der Waals surface area contributed by atoms with Crippen molar-refractivity contribution in [3.8, 4) is 6.19 Å². The molecule has 0 fully saturated rings. The molecule has 0 aliphatic carbocycles. The zero-order valence-electron chi connectivity index (χ0n) is 6.65. The van der Waals surface area contributed by atoms with Gasteiger partial charge in [-0.05, 0) is 24.6 Å². The fourth-order valence-corrected chi connectivity index (χ4v) is 1.20. The summed E-state index contributed by atoms with van der Waals surface area (Å²) in [6.45, 7) is 2.00. The van der Waals surface area contributed by atoms with Crippen molar-refractivity contribution in [1.82, 2.24) is 9.55 Å². The molecule has 1 aromatic heterocycles. The van der Waals surface area contributed by atoms with Crippen LogP contribution in [0, 0.1) is 18.4 Å². The highest BCUT2D eigenvalue weighted by molar-refractivity contribution is 5.76. The van der Waals surface area contributed by atoms with Crippen molar-refractivity contribution >= 4 is 11.0 Å². The van der Waals surface area contributed by atoms with Crippen molar-refractivity contribution in [2.24, 2.45) is 0 Å². The van der Waals surface area contributed by atoms with Crippen LogP contribution < -0.4 is 0 Å². The van der Waals surface area contributed by atoms with Crippen LogP contribution in [0.4, 0.5) is 0 Å². The predicted molar refractivity (Wildman–Crippen MR) is 45.5 cm³/mol. The Balaban J connectivity index is 2.84. The molecule has 0 aliphatic heterocycles. The maximum absolute atomic E-state index is 8.67. The van der Waals surface area contributed by atoms with E-state index in [4.69, 9.17) is 5.26 Å². The molecule has 0 unspecified atom stereocenters. The highest BCUT2D eigenvalue weighted by atomic mass is 15.0. The highest BCUT2D eigenvalue weighted by Gasteiger charge is 1.99. The van der Waals surface area contributed by atoms with E-state index >= 15 is 0 Å². The molecule has 2 aromatic rings. The summed E-state index contributed by atoms with van der Waals surface area (Å²) in [6, 6.07) is 5.84. The maximum Gasteiger partial charge on any atom is 0.190 e. The SMILES string of the molecule is Cc1ccc2c(c1)ncn2C#N. The number of benzene rings is 1. The lowest BCUT2D eigenvalue weighted by molar-refractivity contribution is 1.11. The number of aryl methyl sites for hydroxylation is 1. The second kappa shape index (κ2) is 2.35. The Kier molecular flexibility index (Phi) is 1.34. The molecule has 0 saturated carbocycles. The van der Waals surface area contributed by atoms with Crippen LogP contribution in [0.15, 0.2) is 24.5 Å². The second-order valence-corrected chi connectivity index (χ2v) is 2.71. The summed E-state index contributed by atoms with van der Waals surface area (Å²) < 4.78 is 1.45. The molecule has 3 heteroatoms. The average Bonchev–Trinajstić information content (AvgIpc) is 2.46. The van der Waals surface area contributed by atoms with Gasteiger partial charge in [0.25, 0.3) is 0 Å². The molecule has 0 radical (unpaired) electrons. The van der Waals surface area contributed by atoms with Crippen LogP contribution in [0.5, 0.6) is 0 Å². The van der Waals surface area contributed by atoms with Gasteiger partial charge in [-0.1, -0.05) is 6.07 Å². The molecule has 1 heterocycles. The molecule has 0 atom stereocenters. The topological polar surface area (TPSA) is 41.6 Å². The predicted octanol–water partition coefficient (Wildman–Crippen LogP) is 1.67. The smallest absolute Gasteiger partial charge is 0.190 e. The van der Waals surface area contributed by atoms with Crippen LogP contribution in [-0.2, 0) is 0 Å². The van der Waals surface area contributed by atoms with Gasteiger partial charge in [-0.25, -0.2) is 9.55 Å². The van der Waals surface area contributed by atoms with Gasteiger partial charge in [-0.3, -0.25) is 0 Å². The van der Waals surface area contributed by atoms with E-state index in [0.717, 1.165) is 16.6 Å². The van der Waals surface area contributed by atoms with Gasteiger partial charge in [0.15, 0.2) is 6.19 Å².